The fourth-order valence-electron chi connectivity index (χ4n) is 3.27. The Morgan fingerprint density at radius 1 is 1.32 bits per heavy atom. The van der Waals surface area contributed by atoms with Gasteiger partial charge in [-0.2, -0.15) is 10.2 Å². The fraction of sp³-hybridized carbons (Fsp3) is 0.353. The SMILES string of the molecule is Cn1cc(C2CCCN2C(=O)c2ccc(Cn3cc(Br)cn3)o2)cn1. The number of amides is 1. The first kappa shape index (κ1) is 16.1. The van der Waals surface area contributed by atoms with E-state index in [1.165, 1.54) is 0 Å². The molecule has 1 amide bonds. The molecule has 0 aromatic carbocycles. The second-order valence-corrected chi connectivity index (χ2v) is 7.14. The molecule has 4 heterocycles. The fourth-order valence-corrected chi connectivity index (χ4v) is 3.60. The minimum atomic E-state index is -0.0701. The van der Waals surface area contributed by atoms with Crippen LogP contribution in [-0.2, 0) is 13.6 Å². The summed E-state index contributed by atoms with van der Waals surface area (Å²) in [5.41, 5.74) is 1.07. The van der Waals surface area contributed by atoms with Gasteiger partial charge >= 0.3 is 0 Å². The number of likely N-dealkylation sites (tertiary alicyclic amines) is 1. The van der Waals surface area contributed by atoms with Crippen LogP contribution in [0, 0.1) is 0 Å². The van der Waals surface area contributed by atoms with Crippen LogP contribution in [0.15, 0.2) is 45.8 Å². The lowest BCUT2D eigenvalue weighted by Crippen LogP contribution is -2.30. The summed E-state index contributed by atoms with van der Waals surface area (Å²) in [6.45, 7) is 1.23. The molecule has 4 rings (SSSR count). The topological polar surface area (TPSA) is 69.1 Å². The molecule has 1 fully saturated rings. The molecule has 3 aromatic heterocycles. The van der Waals surface area contributed by atoms with E-state index >= 15 is 0 Å². The molecule has 3 aromatic rings. The number of halogens is 1. The predicted octanol–water partition coefficient (Wildman–Crippen LogP) is 3.00. The average molecular weight is 404 g/mol. The molecular weight excluding hydrogens is 386 g/mol. The molecule has 1 saturated heterocycles. The van der Waals surface area contributed by atoms with Crippen molar-refractivity contribution in [2.75, 3.05) is 6.54 Å². The minimum Gasteiger partial charge on any atom is -0.454 e. The van der Waals surface area contributed by atoms with Crippen molar-refractivity contribution in [1.82, 2.24) is 24.5 Å². The Morgan fingerprint density at radius 2 is 2.20 bits per heavy atom. The highest BCUT2D eigenvalue weighted by molar-refractivity contribution is 9.10. The van der Waals surface area contributed by atoms with E-state index in [9.17, 15) is 4.79 Å². The summed E-state index contributed by atoms with van der Waals surface area (Å²) >= 11 is 3.37. The summed E-state index contributed by atoms with van der Waals surface area (Å²) in [4.78, 5) is 14.8. The van der Waals surface area contributed by atoms with Crippen molar-refractivity contribution in [3.8, 4) is 0 Å². The van der Waals surface area contributed by atoms with Crippen LogP contribution in [0.3, 0.4) is 0 Å². The van der Waals surface area contributed by atoms with E-state index in [4.69, 9.17) is 4.42 Å². The Labute approximate surface area is 153 Å². The zero-order valence-electron chi connectivity index (χ0n) is 13.8. The minimum absolute atomic E-state index is 0.0665. The van der Waals surface area contributed by atoms with Gasteiger partial charge in [-0.15, -0.1) is 0 Å². The zero-order chi connectivity index (χ0) is 17.4. The number of rotatable bonds is 4. The van der Waals surface area contributed by atoms with Gasteiger partial charge in [0.2, 0.25) is 0 Å². The summed E-state index contributed by atoms with van der Waals surface area (Å²) < 4.78 is 10.2. The number of aryl methyl sites for hydroxylation is 1. The van der Waals surface area contributed by atoms with Crippen LogP contribution in [0.1, 0.15) is 40.8 Å². The van der Waals surface area contributed by atoms with E-state index < -0.39 is 0 Å². The lowest BCUT2D eigenvalue weighted by Gasteiger charge is -2.22. The molecule has 0 spiro atoms. The van der Waals surface area contributed by atoms with Gasteiger partial charge in [0.1, 0.15) is 5.76 Å². The third-order valence-electron chi connectivity index (χ3n) is 4.42. The van der Waals surface area contributed by atoms with Gasteiger partial charge in [-0.25, -0.2) is 0 Å². The van der Waals surface area contributed by atoms with E-state index in [2.05, 4.69) is 26.1 Å². The van der Waals surface area contributed by atoms with Gasteiger partial charge < -0.3 is 9.32 Å². The zero-order valence-corrected chi connectivity index (χ0v) is 15.4. The lowest BCUT2D eigenvalue weighted by atomic mass is 10.1. The number of hydrogen-bond acceptors (Lipinski definition) is 4. The molecule has 1 unspecified atom stereocenters. The Bertz CT molecular complexity index is 896. The largest absolute Gasteiger partial charge is 0.454 e. The monoisotopic (exact) mass is 403 g/mol. The third-order valence-corrected chi connectivity index (χ3v) is 4.82. The maximum absolute atomic E-state index is 12.9. The normalized spacial score (nSPS) is 17.4. The first-order chi connectivity index (χ1) is 12.1. The first-order valence-electron chi connectivity index (χ1n) is 8.16. The van der Waals surface area contributed by atoms with E-state index in [-0.39, 0.29) is 11.9 Å². The Balaban J connectivity index is 1.50. The van der Waals surface area contributed by atoms with E-state index in [1.807, 2.05) is 36.6 Å². The van der Waals surface area contributed by atoms with Gasteiger partial charge in [0.25, 0.3) is 5.91 Å². The molecule has 0 radical (unpaired) electrons. The van der Waals surface area contributed by atoms with Gasteiger partial charge in [-0.05, 0) is 40.9 Å². The maximum atomic E-state index is 12.9. The van der Waals surface area contributed by atoms with Crippen molar-refractivity contribution >= 4 is 21.8 Å². The smallest absolute Gasteiger partial charge is 0.290 e. The van der Waals surface area contributed by atoms with Crippen molar-refractivity contribution in [2.45, 2.75) is 25.4 Å². The van der Waals surface area contributed by atoms with Gasteiger partial charge in [0.05, 0.1) is 29.5 Å². The van der Waals surface area contributed by atoms with E-state index in [0.717, 1.165) is 29.4 Å². The number of nitrogens with zero attached hydrogens (tertiary/aromatic N) is 5. The molecule has 7 nitrogen and oxygen atoms in total. The molecule has 0 bridgehead atoms. The predicted molar refractivity (Wildman–Crippen MR) is 94.0 cm³/mol. The molecule has 130 valence electrons. The second kappa shape index (κ2) is 6.51. The van der Waals surface area contributed by atoms with Crippen LogP contribution in [0.5, 0.6) is 0 Å². The summed E-state index contributed by atoms with van der Waals surface area (Å²) in [5, 5.41) is 8.42. The first-order valence-corrected chi connectivity index (χ1v) is 8.95. The van der Waals surface area contributed by atoms with Gasteiger partial charge in [0, 0.05) is 31.5 Å². The molecule has 0 aliphatic carbocycles. The molecule has 0 N–H and O–H groups in total. The highest BCUT2D eigenvalue weighted by Gasteiger charge is 2.32. The van der Waals surface area contributed by atoms with Crippen molar-refractivity contribution in [3.63, 3.8) is 0 Å². The molecule has 25 heavy (non-hydrogen) atoms. The van der Waals surface area contributed by atoms with Gasteiger partial charge in [-0.3, -0.25) is 14.2 Å². The van der Waals surface area contributed by atoms with Crippen LogP contribution < -0.4 is 0 Å². The number of carbonyl (C=O) groups excluding carboxylic acids is 1. The highest BCUT2D eigenvalue weighted by atomic mass is 79.9. The van der Waals surface area contributed by atoms with Gasteiger partial charge in [-0.1, -0.05) is 0 Å². The number of carbonyl (C=O) groups is 1. The van der Waals surface area contributed by atoms with Crippen molar-refractivity contribution in [3.05, 3.63) is 58.5 Å². The number of furan rings is 1. The van der Waals surface area contributed by atoms with Crippen LogP contribution >= 0.6 is 15.9 Å². The Kier molecular flexibility index (Phi) is 4.20. The molecule has 0 saturated carbocycles. The highest BCUT2D eigenvalue weighted by Crippen LogP contribution is 2.33. The Morgan fingerprint density at radius 3 is 2.92 bits per heavy atom. The molecule has 1 atom stereocenters. The van der Waals surface area contributed by atoms with Crippen LogP contribution in [0.25, 0.3) is 0 Å². The molecule has 1 aliphatic heterocycles. The summed E-state index contributed by atoms with van der Waals surface area (Å²) in [7, 11) is 1.89. The third kappa shape index (κ3) is 3.26. The Hall–Kier alpha value is -2.35. The van der Waals surface area contributed by atoms with Crippen LogP contribution in [0.2, 0.25) is 0 Å². The lowest BCUT2D eigenvalue weighted by molar-refractivity contribution is 0.0701. The average Bonchev–Trinajstić information content (AvgIpc) is 3.34. The van der Waals surface area contributed by atoms with Crippen LogP contribution in [-0.4, -0.2) is 36.9 Å². The number of aromatic nitrogens is 4. The van der Waals surface area contributed by atoms with Crippen molar-refractivity contribution in [1.29, 1.82) is 0 Å². The van der Waals surface area contributed by atoms with E-state index in [1.54, 1.807) is 21.6 Å². The molecular formula is C17H18BrN5O2. The summed E-state index contributed by atoms with van der Waals surface area (Å²) in [6.07, 6.45) is 9.33. The maximum Gasteiger partial charge on any atom is 0.290 e. The van der Waals surface area contributed by atoms with E-state index in [0.29, 0.717) is 18.1 Å². The summed E-state index contributed by atoms with van der Waals surface area (Å²) in [6, 6.07) is 3.64. The van der Waals surface area contributed by atoms with Crippen molar-refractivity contribution in [2.24, 2.45) is 7.05 Å². The molecule has 8 heteroatoms. The van der Waals surface area contributed by atoms with Crippen LogP contribution in [0.4, 0.5) is 0 Å². The van der Waals surface area contributed by atoms with Gasteiger partial charge in [0.15, 0.2) is 5.76 Å². The quantitative estimate of drug-likeness (QED) is 0.671. The standard InChI is InChI=1S/C17H18BrN5O2/c1-21-9-12(7-19-21)15-3-2-6-23(15)17(24)16-5-4-14(25-16)11-22-10-13(18)8-20-22/h4-5,7-10,15H,2-3,6,11H2,1H3. The summed E-state index contributed by atoms with van der Waals surface area (Å²) in [5.74, 6) is 1.01. The molecule has 1 aliphatic rings. The second-order valence-electron chi connectivity index (χ2n) is 6.23. The number of hydrogen-bond donors (Lipinski definition) is 0. The van der Waals surface area contributed by atoms with Crippen molar-refractivity contribution < 1.29 is 9.21 Å².